The first-order chi connectivity index (χ1) is 6.81. The molecular weight excluding hydrogens is 180 g/mol. The van der Waals surface area contributed by atoms with Gasteiger partial charge < -0.3 is 10.3 Å². The average Bonchev–Trinajstić information content (AvgIpc) is 2.65. The zero-order valence-corrected chi connectivity index (χ0v) is 7.77. The maximum Gasteiger partial charge on any atom is 0.191 e. The summed E-state index contributed by atoms with van der Waals surface area (Å²) in [6.45, 7) is 2.32. The fraction of sp³-hybridized carbons (Fsp3) is 0.222. The maximum absolute atomic E-state index is 5.52. The summed E-state index contributed by atoms with van der Waals surface area (Å²) >= 11 is 0. The van der Waals surface area contributed by atoms with E-state index in [1.54, 1.807) is 12.4 Å². The van der Waals surface area contributed by atoms with Gasteiger partial charge in [-0.25, -0.2) is 0 Å². The molecule has 0 amide bonds. The molecule has 0 fully saturated rings. The SMILES string of the molecule is Cc1cnnc(-c2oncc2CN)c1. The lowest BCUT2D eigenvalue weighted by Gasteiger charge is -1.97. The summed E-state index contributed by atoms with van der Waals surface area (Å²) in [5.41, 5.74) is 8.05. The van der Waals surface area contributed by atoms with Crippen LogP contribution in [0.15, 0.2) is 23.0 Å². The molecule has 0 atom stereocenters. The lowest BCUT2D eigenvalue weighted by Crippen LogP contribution is -1.97. The van der Waals surface area contributed by atoms with Crippen LogP contribution in [0.2, 0.25) is 0 Å². The van der Waals surface area contributed by atoms with Crippen molar-refractivity contribution in [2.75, 3.05) is 0 Å². The van der Waals surface area contributed by atoms with Gasteiger partial charge in [-0.2, -0.15) is 5.10 Å². The van der Waals surface area contributed by atoms with E-state index in [0.717, 1.165) is 11.1 Å². The van der Waals surface area contributed by atoms with E-state index in [1.165, 1.54) is 0 Å². The third kappa shape index (κ3) is 1.49. The van der Waals surface area contributed by atoms with E-state index in [9.17, 15) is 0 Å². The minimum Gasteiger partial charge on any atom is -0.354 e. The summed E-state index contributed by atoms with van der Waals surface area (Å²) in [5, 5.41) is 11.5. The van der Waals surface area contributed by atoms with Crippen molar-refractivity contribution in [1.82, 2.24) is 15.4 Å². The number of nitrogens with two attached hydrogens (primary N) is 1. The van der Waals surface area contributed by atoms with Gasteiger partial charge in [0.15, 0.2) is 5.76 Å². The third-order valence-electron chi connectivity index (χ3n) is 1.89. The molecule has 2 aromatic heterocycles. The van der Waals surface area contributed by atoms with E-state index in [-0.39, 0.29) is 0 Å². The zero-order chi connectivity index (χ0) is 9.97. The molecule has 0 aliphatic carbocycles. The van der Waals surface area contributed by atoms with Crippen molar-refractivity contribution in [1.29, 1.82) is 0 Å². The Morgan fingerprint density at radius 3 is 3.00 bits per heavy atom. The van der Waals surface area contributed by atoms with Crippen molar-refractivity contribution in [2.24, 2.45) is 5.73 Å². The highest BCUT2D eigenvalue weighted by Gasteiger charge is 2.10. The van der Waals surface area contributed by atoms with Crippen LogP contribution in [-0.4, -0.2) is 15.4 Å². The second-order valence-electron chi connectivity index (χ2n) is 3.00. The Bertz CT molecular complexity index is 438. The van der Waals surface area contributed by atoms with Crippen LogP contribution >= 0.6 is 0 Å². The molecule has 0 spiro atoms. The normalized spacial score (nSPS) is 10.4. The first kappa shape index (κ1) is 8.83. The van der Waals surface area contributed by atoms with Crippen molar-refractivity contribution < 1.29 is 4.52 Å². The van der Waals surface area contributed by atoms with E-state index in [0.29, 0.717) is 18.0 Å². The van der Waals surface area contributed by atoms with Gasteiger partial charge in [-0.1, -0.05) is 5.16 Å². The number of nitrogens with zero attached hydrogens (tertiary/aromatic N) is 3. The predicted octanol–water partition coefficient (Wildman–Crippen LogP) is 0.899. The molecule has 0 saturated heterocycles. The summed E-state index contributed by atoms with van der Waals surface area (Å²) < 4.78 is 5.06. The van der Waals surface area contributed by atoms with Gasteiger partial charge in [0.25, 0.3) is 0 Å². The first-order valence-electron chi connectivity index (χ1n) is 4.24. The molecule has 0 unspecified atom stereocenters. The lowest BCUT2D eigenvalue weighted by molar-refractivity contribution is 0.430. The van der Waals surface area contributed by atoms with Crippen molar-refractivity contribution in [2.45, 2.75) is 13.5 Å². The van der Waals surface area contributed by atoms with Crippen LogP contribution in [0.1, 0.15) is 11.1 Å². The van der Waals surface area contributed by atoms with Crippen molar-refractivity contribution in [3.63, 3.8) is 0 Å². The number of aromatic nitrogens is 3. The molecule has 14 heavy (non-hydrogen) atoms. The van der Waals surface area contributed by atoms with Crippen LogP contribution in [0.5, 0.6) is 0 Å². The minimum absolute atomic E-state index is 0.383. The lowest BCUT2D eigenvalue weighted by atomic mass is 10.2. The van der Waals surface area contributed by atoms with Crippen LogP contribution in [0.25, 0.3) is 11.5 Å². The quantitative estimate of drug-likeness (QED) is 0.761. The van der Waals surface area contributed by atoms with Gasteiger partial charge in [-0.15, -0.1) is 5.10 Å². The summed E-state index contributed by atoms with van der Waals surface area (Å²) in [6, 6.07) is 1.88. The highest BCUT2D eigenvalue weighted by Crippen LogP contribution is 2.20. The molecular formula is C9H10N4O. The van der Waals surface area contributed by atoms with Gasteiger partial charge in [0, 0.05) is 12.1 Å². The molecule has 0 aliphatic rings. The van der Waals surface area contributed by atoms with E-state index in [4.69, 9.17) is 10.3 Å². The Morgan fingerprint density at radius 2 is 2.29 bits per heavy atom. The Morgan fingerprint density at radius 1 is 1.43 bits per heavy atom. The molecule has 0 saturated carbocycles. The highest BCUT2D eigenvalue weighted by atomic mass is 16.5. The summed E-state index contributed by atoms with van der Waals surface area (Å²) in [7, 11) is 0. The highest BCUT2D eigenvalue weighted by molar-refractivity contribution is 5.55. The van der Waals surface area contributed by atoms with Crippen LogP contribution < -0.4 is 5.73 Å². The molecule has 0 bridgehead atoms. The second-order valence-corrected chi connectivity index (χ2v) is 3.00. The number of hydrogen-bond acceptors (Lipinski definition) is 5. The van der Waals surface area contributed by atoms with Gasteiger partial charge >= 0.3 is 0 Å². The molecule has 0 radical (unpaired) electrons. The second kappa shape index (κ2) is 3.55. The van der Waals surface area contributed by atoms with Crippen molar-refractivity contribution in [3.05, 3.63) is 29.6 Å². The van der Waals surface area contributed by atoms with E-state index >= 15 is 0 Å². The molecule has 72 valence electrons. The molecule has 5 nitrogen and oxygen atoms in total. The molecule has 2 N–H and O–H groups in total. The Balaban J connectivity index is 2.49. The fourth-order valence-corrected chi connectivity index (χ4v) is 1.19. The zero-order valence-electron chi connectivity index (χ0n) is 7.77. The van der Waals surface area contributed by atoms with Crippen LogP contribution in [0, 0.1) is 6.92 Å². The smallest absolute Gasteiger partial charge is 0.191 e. The fourth-order valence-electron chi connectivity index (χ4n) is 1.19. The number of rotatable bonds is 2. The molecule has 0 aromatic carbocycles. The minimum atomic E-state index is 0.383. The molecule has 2 aromatic rings. The van der Waals surface area contributed by atoms with Crippen LogP contribution in [0.3, 0.4) is 0 Å². The standard InChI is InChI=1S/C9H10N4O/c1-6-2-8(13-11-4-6)9-7(3-10)5-12-14-9/h2,4-5H,3,10H2,1H3. The topological polar surface area (TPSA) is 77.8 Å². The van der Waals surface area contributed by atoms with E-state index in [2.05, 4.69) is 15.4 Å². The predicted molar refractivity (Wildman–Crippen MR) is 50.2 cm³/mol. The first-order valence-corrected chi connectivity index (χ1v) is 4.24. The van der Waals surface area contributed by atoms with Gasteiger partial charge in [-0.3, -0.25) is 0 Å². The molecule has 0 aliphatic heterocycles. The van der Waals surface area contributed by atoms with Gasteiger partial charge in [0.1, 0.15) is 5.69 Å². The largest absolute Gasteiger partial charge is 0.354 e. The Labute approximate surface area is 80.9 Å². The van der Waals surface area contributed by atoms with E-state index < -0.39 is 0 Å². The molecule has 2 rings (SSSR count). The van der Waals surface area contributed by atoms with E-state index in [1.807, 2.05) is 13.0 Å². The summed E-state index contributed by atoms with van der Waals surface area (Å²) in [5.74, 6) is 0.601. The number of hydrogen-bond donors (Lipinski definition) is 1. The van der Waals surface area contributed by atoms with Crippen molar-refractivity contribution in [3.8, 4) is 11.5 Å². The Hall–Kier alpha value is -1.75. The average molecular weight is 190 g/mol. The van der Waals surface area contributed by atoms with Gasteiger partial charge in [-0.05, 0) is 18.6 Å². The third-order valence-corrected chi connectivity index (χ3v) is 1.89. The molecule has 2 heterocycles. The van der Waals surface area contributed by atoms with Gasteiger partial charge in [0.2, 0.25) is 0 Å². The number of aryl methyl sites for hydroxylation is 1. The van der Waals surface area contributed by atoms with Gasteiger partial charge in [0.05, 0.1) is 12.4 Å². The summed E-state index contributed by atoms with van der Waals surface area (Å²) in [6.07, 6.45) is 3.28. The van der Waals surface area contributed by atoms with Crippen LogP contribution in [-0.2, 0) is 6.54 Å². The monoisotopic (exact) mass is 190 g/mol. The van der Waals surface area contributed by atoms with Crippen LogP contribution in [0.4, 0.5) is 0 Å². The van der Waals surface area contributed by atoms with Crippen molar-refractivity contribution >= 4 is 0 Å². The molecule has 5 heteroatoms. The maximum atomic E-state index is 5.52. The summed E-state index contributed by atoms with van der Waals surface area (Å²) in [4.78, 5) is 0. The Kier molecular flexibility index (Phi) is 2.24.